The Morgan fingerprint density at radius 1 is 1.36 bits per heavy atom. The smallest absolute Gasteiger partial charge is 0.356 e. The molecule has 2 N–H and O–H groups in total. The normalized spacial score (nSPS) is 25.1. The van der Waals surface area contributed by atoms with Gasteiger partial charge in [-0.05, 0) is 77.9 Å². The van der Waals surface area contributed by atoms with E-state index in [4.69, 9.17) is 0 Å². The number of aryl methyl sites for hydroxylation is 1. The summed E-state index contributed by atoms with van der Waals surface area (Å²) in [5.41, 5.74) is 2.82. The summed E-state index contributed by atoms with van der Waals surface area (Å²) >= 11 is 0. The summed E-state index contributed by atoms with van der Waals surface area (Å²) in [6, 6.07) is 0.382. The summed E-state index contributed by atoms with van der Waals surface area (Å²) in [4.78, 5) is 14.2. The molecule has 4 rings (SSSR count). The monoisotopic (exact) mass is 346 g/mol. The second-order valence-electron chi connectivity index (χ2n) is 7.96. The van der Waals surface area contributed by atoms with Gasteiger partial charge < -0.3 is 10.4 Å². The number of hydrogen-bond acceptors (Lipinski definition) is 4. The first kappa shape index (κ1) is 17.0. The van der Waals surface area contributed by atoms with E-state index in [1.165, 1.54) is 45.2 Å². The second-order valence-corrected chi connectivity index (χ2v) is 7.96. The molecular weight excluding hydrogens is 316 g/mol. The van der Waals surface area contributed by atoms with Crippen LogP contribution in [0.25, 0.3) is 0 Å². The summed E-state index contributed by atoms with van der Waals surface area (Å²) in [5, 5.41) is 17.5. The van der Waals surface area contributed by atoms with E-state index in [1.54, 1.807) is 0 Å². The Labute approximate surface area is 149 Å². The number of carbonyl (C=O) groups is 1. The summed E-state index contributed by atoms with van der Waals surface area (Å²) in [6.07, 6.45) is 9.46. The van der Waals surface area contributed by atoms with Crippen LogP contribution >= 0.6 is 0 Å². The molecule has 2 fully saturated rings. The van der Waals surface area contributed by atoms with Crippen molar-refractivity contribution in [2.45, 2.75) is 76.4 Å². The molecule has 6 nitrogen and oxygen atoms in total. The summed E-state index contributed by atoms with van der Waals surface area (Å²) in [5.74, 6) is -0.893. The number of aromatic carboxylic acids is 1. The van der Waals surface area contributed by atoms with E-state index in [0.717, 1.165) is 43.6 Å². The van der Waals surface area contributed by atoms with Gasteiger partial charge in [-0.2, -0.15) is 5.10 Å². The van der Waals surface area contributed by atoms with Crippen molar-refractivity contribution in [3.8, 4) is 0 Å². The van der Waals surface area contributed by atoms with Crippen molar-refractivity contribution in [3.05, 3.63) is 17.0 Å². The van der Waals surface area contributed by atoms with Crippen LogP contribution in [0, 0.1) is 0 Å². The van der Waals surface area contributed by atoms with E-state index < -0.39 is 5.97 Å². The molecule has 0 spiro atoms. The van der Waals surface area contributed by atoms with E-state index in [0.29, 0.717) is 11.6 Å². The maximum atomic E-state index is 11.5. The van der Waals surface area contributed by atoms with Crippen LogP contribution in [-0.4, -0.2) is 57.0 Å². The number of rotatable bonds is 6. The fraction of sp³-hybridized carbons (Fsp3) is 0.789. The van der Waals surface area contributed by atoms with Crippen LogP contribution in [0.5, 0.6) is 0 Å². The SMILES string of the molecule is CCn1nc(C(=O)O)c2c1CCC(NCCC13CCCN1CCC3)C2. The van der Waals surface area contributed by atoms with Gasteiger partial charge in [-0.1, -0.05) is 0 Å². The first-order chi connectivity index (χ1) is 12.1. The molecule has 6 heteroatoms. The van der Waals surface area contributed by atoms with Gasteiger partial charge in [0.15, 0.2) is 5.69 Å². The molecular formula is C19H30N4O2. The number of fused-ring (bicyclic) bond motifs is 2. The fourth-order valence-electron chi connectivity index (χ4n) is 5.44. The number of carboxylic acid groups (broad SMARTS) is 1. The highest BCUT2D eigenvalue weighted by atomic mass is 16.4. The fourth-order valence-corrected chi connectivity index (χ4v) is 5.44. The zero-order valence-electron chi connectivity index (χ0n) is 15.3. The molecule has 3 aliphatic rings. The number of carboxylic acids is 1. The number of hydrogen-bond donors (Lipinski definition) is 2. The number of aromatic nitrogens is 2. The average Bonchev–Trinajstić information content (AvgIpc) is 3.25. The van der Waals surface area contributed by atoms with E-state index in [2.05, 4.69) is 15.3 Å². The highest BCUT2D eigenvalue weighted by molar-refractivity contribution is 5.87. The lowest BCUT2D eigenvalue weighted by molar-refractivity contribution is 0.0688. The lowest BCUT2D eigenvalue weighted by Crippen LogP contribution is -2.43. The predicted octanol–water partition coefficient (Wildman–Crippen LogP) is 2.07. The van der Waals surface area contributed by atoms with Gasteiger partial charge in [0.05, 0.1) is 0 Å². The highest BCUT2D eigenvalue weighted by Gasteiger charge is 2.43. The third-order valence-corrected chi connectivity index (χ3v) is 6.68. The summed E-state index contributed by atoms with van der Waals surface area (Å²) < 4.78 is 1.88. The van der Waals surface area contributed by atoms with Crippen LogP contribution in [0.2, 0.25) is 0 Å². The van der Waals surface area contributed by atoms with E-state index in [-0.39, 0.29) is 5.69 Å². The van der Waals surface area contributed by atoms with Crippen molar-refractivity contribution >= 4 is 5.97 Å². The Hall–Kier alpha value is -1.40. The molecule has 1 aromatic heterocycles. The largest absolute Gasteiger partial charge is 0.476 e. The van der Waals surface area contributed by atoms with Gasteiger partial charge in [0.25, 0.3) is 0 Å². The molecule has 0 amide bonds. The Bertz CT molecular complexity index is 644. The minimum Gasteiger partial charge on any atom is -0.476 e. The van der Waals surface area contributed by atoms with Crippen molar-refractivity contribution < 1.29 is 9.90 Å². The van der Waals surface area contributed by atoms with Gasteiger partial charge in [-0.25, -0.2) is 4.79 Å². The Kier molecular flexibility index (Phi) is 4.58. The molecule has 1 aromatic rings. The molecule has 2 aliphatic heterocycles. The maximum Gasteiger partial charge on any atom is 0.356 e. The van der Waals surface area contributed by atoms with Gasteiger partial charge in [-0.3, -0.25) is 9.58 Å². The molecule has 0 radical (unpaired) electrons. The zero-order valence-corrected chi connectivity index (χ0v) is 15.3. The Balaban J connectivity index is 1.38. The standard InChI is InChI=1S/C19H30N4O2/c1-2-23-16-6-5-14(13-15(16)17(21-23)18(24)25)20-10-9-19-7-3-11-22(19)12-4-8-19/h14,20H,2-13H2,1H3,(H,24,25). The maximum absolute atomic E-state index is 11.5. The van der Waals surface area contributed by atoms with E-state index in [1.807, 2.05) is 11.6 Å². The van der Waals surface area contributed by atoms with Crippen molar-refractivity contribution in [2.24, 2.45) is 0 Å². The minimum atomic E-state index is -0.893. The third-order valence-electron chi connectivity index (χ3n) is 6.68. The third kappa shape index (κ3) is 2.99. The van der Waals surface area contributed by atoms with Crippen LogP contribution in [0.1, 0.15) is 67.2 Å². The molecule has 0 aromatic carbocycles. The summed E-state index contributed by atoms with van der Waals surface area (Å²) in [6.45, 7) is 6.38. The topological polar surface area (TPSA) is 70.4 Å². The first-order valence-electron chi connectivity index (χ1n) is 9.93. The number of nitrogens with one attached hydrogen (secondary N) is 1. The summed E-state index contributed by atoms with van der Waals surface area (Å²) in [7, 11) is 0. The van der Waals surface area contributed by atoms with Gasteiger partial charge in [-0.15, -0.1) is 0 Å². The first-order valence-corrected chi connectivity index (χ1v) is 9.93. The molecule has 2 saturated heterocycles. The van der Waals surface area contributed by atoms with Gasteiger partial charge >= 0.3 is 5.97 Å². The van der Waals surface area contributed by atoms with E-state index in [9.17, 15) is 9.90 Å². The minimum absolute atomic E-state index is 0.264. The Morgan fingerprint density at radius 2 is 2.12 bits per heavy atom. The van der Waals surface area contributed by atoms with Crippen LogP contribution in [0.3, 0.4) is 0 Å². The highest BCUT2D eigenvalue weighted by Crippen LogP contribution is 2.41. The lowest BCUT2D eigenvalue weighted by Gasteiger charge is -2.33. The second kappa shape index (κ2) is 6.72. The van der Waals surface area contributed by atoms with Gasteiger partial charge in [0.1, 0.15) is 0 Å². The predicted molar refractivity (Wildman–Crippen MR) is 96.1 cm³/mol. The lowest BCUT2D eigenvalue weighted by atomic mass is 9.89. The van der Waals surface area contributed by atoms with Crippen molar-refractivity contribution in [1.82, 2.24) is 20.0 Å². The van der Waals surface area contributed by atoms with Crippen LogP contribution in [-0.2, 0) is 19.4 Å². The van der Waals surface area contributed by atoms with Crippen LogP contribution in [0.15, 0.2) is 0 Å². The quantitative estimate of drug-likeness (QED) is 0.825. The van der Waals surface area contributed by atoms with Crippen molar-refractivity contribution in [2.75, 3.05) is 19.6 Å². The zero-order chi connectivity index (χ0) is 17.4. The van der Waals surface area contributed by atoms with Crippen molar-refractivity contribution in [1.29, 1.82) is 0 Å². The van der Waals surface area contributed by atoms with Crippen LogP contribution < -0.4 is 5.32 Å². The molecule has 25 heavy (non-hydrogen) atoms. The Morgan fingerprint density at radius 3 is 2.80 bits per heavy atom. The number of nitrogens with zero attached hydrogens (tertiary/aromatic N) is 3. The molecule has 3 heterocycles. The molecule has 138 valence electrons. The average molecular weight is 346 g/mol. The van der Waals surface area contributed by atoms with Gasteiger partial charge in [0.2, 0.25) is 0 Å². The van der Waals surface area contributed by atoms with Crippen LogP contribution in [0.4, 0.5) is 0 Å². The molecule has 1 unspecified atom stereocenters. The molecule has 1 atom stereocenters. The molecule has 0 saturated carbocycles. The molecule has 0 bridgehead atoms. The van der Waals surface area contributed by atoms with E-state index >= 15 is 0 Å². The van der Waals surface area contributed by atoms with Gasteiger partial charge in [0, 0.05) is 29.4 Å². The van der Waals surface area contributed by atoms with Crippen molar-refractivity contribution in [3.63, 3.8) is 0 Å². The molecule has 1 aliphatic carbocycles.